The molecular formula is C24H23ClN4O2S. The van der Waals surface area contributed by atoms with Gasteiger partial charge in [0.15, 0.2) is 16.8 Å². The van der Waals surface area contributed by atoms with Crippen LogP contribution in [0.2, 0.25) is 5.02 Å². The Bertz CT molecular complexity index is 1130. The van der Waals surface area contributed by atoms with Crippen LogP contribution in [-0.2, 0) is 6.54 Å². The quantitative estimate of drug-likeness (QED) is 0.263. The molecule has 0 aliphatic carbocycles. The van der Waals surface area contributed by atoms with Crippen LogP contribution in [0.15, 0.2) is 72.4 Å². The fourth-order valence-corrected chi connectivity index (χ4v) is 4.92. The Hall–Kier alpha value is -2.90. The number of Topliss-reactive ketones (excluding diaryl/α,β-unsaturated/α-hetero) is 1. The fraction of sp³-hybridized carbons (Fsp3) is 0.250. The van der Waals surface area contributed by atoms with E-state index in [1.54, 1.807) is 30.3 Å². The largest absolute Gasteiger partial charge is 0.328 e. The number of hydrogen-bond donors (Lipinski definition) is 0. The van der Waals surface area contributed by atoms with Gasteiger partial charge >= 0.3 is 0 Å². The van der Waals surface area contributed by atoms with Gasteiger partial charge in [-0.2, -0.15) is 0 Å². The summed E-state index contributed by atoms with van der Waals surface area (Å²) in [5.41, 5.74) is 1.15. The first-order valence-electron chi connectivity index (χ1n) is 10.4. The lowest BCUT2D eigenvalue weighted by molar-refractivity contribution is 0.0727. The van der Waals surface area contributed by atoms with E-state index < -0.39 is 0 Å². The number of benzene rings is 2. The Labute approximate surface area is 196 Å². The van der Waals surface area contributed by atoms with E-state index in [0.717, 1.165) is 12.8 Å². The molecule has 0 spiro atoms. The molecule has 6 nitrogen and oxygen atoms in total. The summed E-state index contributed by atoms with van der Waals surface area (Å²) in [6, 6.07) is 16.1. The monoisotopic (exact) mass is 466 g/mol. The molecule has 1 aliphatic rings. The van der Waals surface area contributed by atoms with E-state index in [4.69, 9.17) is 11.6 Å². The maximum atomic E-state index is 13.2. The summed E-state index contributed by atoms with van der Waals surface area (Å²) in [6.45, 7) is 4.97. The van der Waals surface area contributed by atoms with E-state index in [-0.39, 0.29) is 23.5 Å². The summed E-state index contributed by atoms with van der Waals surface area (Å²) in [6.07, 6.45) is 3.43. The minimum absolute atomic E-state index is 0.0293. The highest BCUT2D eigenvalue weighted by atomic mass is 35.5. The predicted molar refractivity (Wildman–Crippen MR) is 126 cm³/mol. The minimum Gasteiger partial charge on any atom is -0.328 e. The van der Waals surface area contributed by atoms with Gasteiger partial charge in [0.1, 0.15) is 0 Å². The molecule has 1 saturated heterocycles. The molecule has 3 aromatic rings. The number of nitrogens with zero attached hydrogens (tertiary/aromatic N) is 4. The van der Waals surface area contributed by atoms with Crippen molar-refractivity contribution in [3.8, 4) is 0 Å². The van der Waals surface area contributed by atoms with Gasteiger partial charge in [0.2, 0.25) is 0 Å². The number of thioether (sulfide) groups is 1. The van der Waals surface area contributed by atoms with E-state index >= 15 is 0 Å². The van der Waals surface area contributed by atoms with Gasteiger partial charge in [-0.05, 0) is 25.0 Å². The third kappa shape index (κ3) is 4.64. The zero-order valence-corrected chi connectivity index (χ0v) is 19.1. The molecule has 1 aromatic heterocycles. The first-order valence-corrected chi connectivity index (χ1v) is 11.8. The zero-order chi connectivity index (χ0) is 22.5. The normalized spacial score (nSPS) is 15.7. The average molecular weight is 467 g/mol. The van der Waals surface area contributed by atoms with E-state index in [1.165, 1.54) is 11.8 Å². The fourth-order valence-electron chi connectivity index (χ4n) is 3.86. The van der Waals surface area contributed by atoms with Crippen LogP contribution in [0.1, 0.15) is 45.4 Å². The van der Waals surface area contributed by atoms with Crippen molar-refractivity contribution in [2.24, 2.45) is 0 Å². The molecule has 1 unspecified atom stereocenters. The highest BCUT2D eigenvalue weighted by molar-refractivity contribution is 7.99. The molecule has 1 amide bonds. The molecule has 164 valence electrons. The van der Waals surface area contributed by atoms with E-state index in [2.05, 4.69) is 16.8 Å². The van der Waals surface area contributed by atoms with Gasteiger partial charge in [-0.15, -0.1) is 16.8 Å². The molecule has 2 aromatic carbocycles. The highest BCUT2D eigenvalue weighted by Crippen LogP contribution is 2.35. The summed E-state index contributed by atoms with van der Waals surface area (Å²) >= 11 is 7.61. The number of likely N-dealkylation sites (tertiary alicyclic amines) is 1. The van der Waals surface area contributed by atoms with Gasteiger partial charge in [0.25, 0.3) is 5.91 Å². The SMILES string of the molecule is C=CCn1c(SCC(=O)c2ccccc2)nnc1C1CCCN1C(=O)c1ccccc1Cl. The van der Waals surface area contributed by atoms with Crippen LogP contribution in [0.3, 0.4) is 0 Å². The standard InChI is InChI=1S/C24H23ClN4O2S/c1-2-14-29-22(26-27-24(29)32-16-21(30)17-9-4-3-5-10-17)20-13-8-15-28(20)23(31)18-11-6-7-12-19(18)25/h2-7,9-12,20H,1,8,13-16H2. The number of halogens is 1. The average Bonchev–Trinajstić information content (AvgIpc) is 3.45. The van der Waals surface area contributed by atoms with Crippen LogP contribution in [-0.4, -0.2) is 43.7 Å². The van der Waals surface area contributed by atoms with Crippen molar-refractivity contribution >= 4 is 35.1 Å². The molecule has 0 N–H and O–H groups in total. The maximum absolute atomic E-state index is 13.2. The lowest BCUT2D eigenvalue weighted by atomic mass is 10.1. The summed E-state index contributed by atoms with van der Waals surface area (Å²) < 4.78 is 1.94. The maximum Gasteiger partial charge on any atom is 0.255 e. The van der Waals surface area contributed by atoms with Crippen molar-refractivity contribution in [1.82, 2.24) is 19.7 Å². The molecule has 1 fully saturated rings. The van der Waals surface area contributed by atoms with Crippen molar-refractivity contribution in [3.63, 3.8) is 0 Å². The molecule has 0 radical (unpaired) electrons. The van der Waals surface area contributed by atoms with Crippen LogP contribution in [0.25, 0.3) is 0 Å². The number of rotatable bonds is 8. The Morgan fingerprint density at radius 2 is 1.88 bits per heavy atom. The Morgan fingerprint density at radius 3 is 2.62 bits per heavy atom. The van der Waals surface area contributed by atoms with Crippen LogP contribution in [0.4, 0.5) is 0 Å². The molecule has 0 bridgehead atoms. The lowest BCUT2D eigenvalue weighted by Crippen LogP contribution is -2.32. The second-order valence-electron chi connectivity index (χ2n) is 7.45. The molecule has 1 aliphatic heterocycles. The third-order valence-corrected chi connectivity index (χ3v) is 6.70. The summed E-state index contributed by atoms with van der Waals surface area (Å²) in [4.78, 5) is 27.5. The third-order valence-electron chi connectivity index (χ3n) is 5.40. The number of carbonyl (C=O) groups is 2. The van der Waals surface area contributed by atoms with Gasteiger partial charge < -0.3 is 9.47 Å². The van der Waals surface area contributed by atoms with Gasteiger partial charge in [-0.1, -0.05) is 71.9 Å². The Morgan fingerprint density at radius 1 is 1.12 bits per heavy atom. The highest BCUT2D eigenvalue weighted by Gasteiger charge is 2.35. The van der Waals surface area contributed by atoms with E-state index in [9.17, 15) is 9.59 Å². The lowest BCUT2D eigenvalue weighted by Gasteiger charge is -2.25. The molecule has 1 atom stereocenters. The second kappa shape index (κ2) is 10.1. The Balaban J connectivity index is 1.56. The van der Waals surface area contributed by atoms with Gasteiger partial charge in [-0.3, -0.25) is 9.59 Å². The van der Waals surface area contributed by atoms with Crippen molar-refractivity contribution in [3.05, 3.63) is 89.2 Å². The summed E-state index contributed by atoms with van der Waals surface area (Å²) in [7, 11) is 0. The van der Waals surface area contributed by atoms with Crippen molar-refractivity contribution in [2.75, 3.05) is 12.3 Å². The van der Waals surface area contributed by atoms with E-state index in [0.29, 0.717) is 40.2 Å². The molecular weight excluding hydrogens is 444 g/mol. The smallest absolute Gasteiger partial charge is 0.255 e. The van der Waals surface area contributed by atoms with Crippen LogP contribution < -0.4 is 0 Å². The number of aromatic nitrogens is 3. The number of amides is 1. The number of hydrogen-bond acceptors (Lipinski definition) is 5. The van der Waals surface area contributed by atoms with Crippen molar-refractivity contribution < 1.29 is 9.59 Å². The van der Waals surface area contributed by atoms with Gasteiger partial charge in [-0.25, -0.2) is 0 Å². The second-order valence-corrected chi connectivity index (χ2v) is 8.80. The summed E-state index contributed by atoms with van der Waals surface area (Å²) in [5, 5.41) is 9.84. The molecule has 8 heteroatoms. The number of ketones is 1. The van der Waals surface area contributed by atoms with Crippen LogP contribution in [0.5, 0.6) is 0 Å². The van der Waals surface area contributed by atoms with Gasteiger partial charge in [0.05, 0.1) is 22.4 Å². The minimum atomic E-state index is -0.203. The Kier molecular flexibility index (Phi) is 7.07. The van der Waals surface area contributed by atoms with Crippen molar-refractivity contribution in [1.29, 1.82) is 0 Å². The topological polar surface area (TPSA) is 68.1 Å². The zero-order valence-electron chi connectivity index (χ0n) is 17.5. The molecule has 32 heavy (non-hydrogen) atoms. The first-order chi connectivity index (χ1) is 15.6. The molecule has 2 heterocycles. The van der Waals surface area contributed by atoms with Crippen LogP contribution in [0, 0.1) is 0 Å². The molecule has 0 saturated carbocycles. The number of carbonyl (C=O) groups excluding carboxylic acids is 2. The summed E-state index contributed by atoms with van der Waals surface area (Å²) in [5.74, 6) is 0.880. The first kappa shape index (κ1) is 22.3. The molecule has 4 rings (SSSR count). The van der Waals surface area contributed by atoms with E-state index in [1.807, 2.05) is 39.8 Å². The predicted octanol–water partition coefficient (Wildman–Crippen LogP) is 5.07. The van der Waals surface area contributed by atoms with Crippen molar-refractivity contribution in [2.45, 2.75) is 30.6 Å². The van der Waals surface area contributed by atoms with Gasteiger partial charge in [0, 0.05) is 18.7 Å². The number of allylic oxidation sites excluding steroid dienone is 1. The van der Waals surface area contributed by atoms with Crippen LogP contribution >= 0.6 is 23.4 Å².